The first-order valence-electron chi connectivity index (χ1n) is 7.52. The van der Waals surface area contributed by atoms with E-state index in [1.54, 1.807) is 0 Å². The summed E-state index contributed by atoms with van der Waals surface area (Å²) in [5, 5.41) is 3.51. The first-order valence-corrected chi connectivity index (χ1v) is 7.52. The first kappa shape index (κ1) is 11.9. The van der Waals surface area contributed by atoms with Crippen molar-refractivity contribution in [2.75, 3.05) is 11.9 Å². The van der Waals surface area contributed by atoms with E-state index < -0.39 is 0 Å². The van der Waals surface area contributed by atoms with Crippen LogP contribution in [0.3, 0.4) is 0 Å². The van der Waals surface area contributed by atoms with Crippen molar-refractivity contribution in [3.05, 3.63) is 17.1 Å². The minimum absolute atomic E-state index is 0.623. The number of hydrogen-bond acceptors (Lipinski definition) is 3. The van der Waals surface area contributed by atoms with E-state index >= 15 is 0 Å². The Bertz CT molecular complexity index is 422. The summed E-state index contributed by atoms with van der Waals surface area (Å²) in [5.41, 5.74) is 2.72. The van der Waals surface area contributed by atoms with E-state index in [1.165, 1.54) is 43.4 Å². The fraction of sp³-hybridized carbons (Fsp3) is 0.733. The Morgan fingerprint density at radius 3 is 2.72 bits per heavy atom. The van der Waals surface area contributed by atoms with Crippen LogP contribution < -0.4 is 5.32 Å². The van der Waals surface area contributed by atoms with Crippen LogP contribution in [-0.4, -0.2) is 16.5 Å². The third kappa shape index (κ3) is 2.23. The molecular weight excluding hydrogens is 222 g/mol. The van der Waals surface area contributed by atoms with Crippen LogP contribution >= 0.6 is 0 Å². The summed E-state index contributed by atoms with van der Waals surface area (Å²) in [7, 11) is 0. The van der Waals surface area contributed by atoms with Crippen molar-refractivity contribution in [3.63, 3.8) is 0 Å². The number of fused-ring (bicyclic) bond motifs is 1. The van der Waals surface area contributed by atoms with Crippen molar-refractivity contribution >= 4 is 5.82 Å². The molecule has 0 bridgehead atoms. The quantitative estimate of drug-likeness (QED) is 0.883. The molecule has 3 rings (SSSR count). The molecule has 98 valence electrons. The first-order chi connectivity index (χ1) is 8.88. The second kappa shape index (κ2) is 5.25. The van der Waals surface area contributed by atoms with Gasteiger partial charge in [0.1, 0.15) is 11.6 Å². The Labute approximate surface area is 109 Å². The molecule has 1 fully saturated rings. The predicted molar refractivity (Wildman–Crippen MR) is 74.0 cm³/mol. The zero-order valence-corrected chi connectivity index (χ0v) is 11.3. The Kier molecular flexibility index (Phi) is 3.48. The average molecular weight is 245 g/mol. The molecule has 0 atom stereocenters. The molecule has 18 heavy (non-hydrogen) atoms. The summed E-state index contributed by atoms with van der Waals surface area (Å²) in [6.45, 7) is 3.22. The summed E-state index contributed by atoms with van der Waals surface area (Å²) in [5.74, 6) is 2.88. The van der Waals surface area contributed by atoms with Crippen molar-refractivity contribution in [1.82, 2.24) is 9.97 Å². The van der Waals surface area contributed by atoms with Gasteiger partial charge in [0.05, 0.1) is 0 Å². The molecule has 0 saturated heterocycles. The summed E-state index contributed by atoms with van der Waals surface area (Å²) in [4.78, 5) is 9.69. The molecule has 2 aliphatic rings. The molecule has 0 radical (unpaired) electrons. The smallest absolute Gasteiger partial charge is 0.134 e. The van der Waals surface area contributed by atoms with Crippen LogP contribution in [0.2, 0.25) is 0 Å². The molecule has 3 nitrogen and oxygen atoms in total. The van der Waals surface area contributed by atoms with Gasteiger partial charge in [-0.15, -0.1) is 0 Å². The highest BCUT2D eigenvalue weighted by Crippen LogP contribution is 2.35. The second-order valence-electron chi connectivity index (χ2n) is 5.62. The van der Waals surface area contributed by atoms with Crippen molar-refractivity contribution in [2.24, 2.45) is 0 Å². The van der Waals surface area contributed by atoms with Crippen LogP contribution in [0.15, 0.2) is 0 Å². The molecule has 0 amide bonds. The minimum Gasteiger partial charge on any atom is -0.370 e. The lowest BCUT2D eigenvalue weighted by Crippen LogP contribution is -2.11. The highest BCUT2D eigenvalue weighted by molar-refractivity contribution is 5.49. The van der Waals surface area contributed by atoms with Gasteiger partial charge in [0.25, 0.3) is 0 Å². The maximum atomic E-state index is 4.85. The Morgan fingerprint density at radius 1 is 1.11 bits per heavy atom. The van der Waals surface area contributed by atoms with Crippen LogP contribution in [0.5, 0.6) is 0 Å². The molecule has 1 heterocycles. The van der Waals surface area contributed by atoms with Gasteiger partial charge in [-0.1, -0.05) is 19.8 Å². The normalized spacial score (nSPS) is 19.2. The number of anilines is 1. The van der Waals surface area contributed by atoms with Crippen LogP contribution in [-0.2, 0) is 12.8 Å². The summed E-state index contributed by atoms with van der Waals surface area (Å²) in [6.07, 6.45) is 9.98. The highest BCUT2D eigenvalue weighted by atomic mass is 15.0. The van der Waals surface area contributed by atoms with Crippen molar-refractivity contribution in [1.29, 1.82) is 0 Å². The Hall–Kier alpha value is -1.12. The number of aryl methyl sites for hydroxylation is 1. The number of nitrogens with one attached hydrogen (secondary N) is 1. The van der Waals surface area contributed by atoms with Crippen LogP contribution in [0, 0.1) is 0 Å². The van der Waals surface area contributed by atoms with Gasteiger partial charge in [-0.2, -0.15) is 0 Å². The van der Waals surface area contributed by atoms with Gasteiger partial charge >= 0.3 is 0 Å². The van der Waals surface area contributed by atoms with E-state index in [2.05, 4.69) is 12.2 Å². The minimum atomic E-state index is 0.623. The van der Waals surface area contributed by atoms with Gasteiger partial charge in [-0.05, 0) is 38.5 Å². The van der Waals surface area contributed by atoms with Gasteiger partial charge < -0.3 is 5.32 Å². The standard InChI is InChI=1S/C15H23N3/c1-2-10-16-15-12-8-5-9-13(12)17-14(18-15)11-6-3-4-7-11/h11H,2-10H2,1H3,(H,16,17,18). The third-order valence-corrected chi connectivity index (χ3v) is 4.21. The van der Waals surface area contributed by atoms with Gasteiger partial charge in [0, 0.05) is 23.7 Å². The molecule has 0 aromatic carbocycles. The van der Waals surface area contributed by atoms with Gasteiger partial charge in [-0.3, -0.25) is 0 Å². The van der Waals surface area contributed by atoms with Crippen molar-refractivity contribution < 1.29 is 0 Å². The number of nitrogens with zero attached hydrogens (tertiary/aromatic N) is 2. The molecule has 1 N–H and O–H groups in total. The third-order valence-electron chi connectivity index (χ3n) is 4.21. The topological polar surface area (TPSA) is 37.8 Å². The molecule has 1 saturated carbocycles. The van der Waals surface area contributed by atoms with E-state index in [9.17, 15) is 0 Å². The molecule has 0 unspecified atom stereocenters. The van der Waals surface area contributed by atoms with Gasteiger partial charge in [0.2, 0.25) is 0 Å². The molecule has 1 aromatic rings. The molecule has 3 heteroatoms. The largest absolute Gasteiger partial charge is 0.370 e. The number of rotatable bonds is 4. The summed E-state index contributed by atoms with van der Waals surface area (Å²) in [6, 6.07) is 0. The van der Waals surface area contributed by atoms with E-state index in [0.29, 0.717) is 5.92 Å². The molecule has 1 aromatic heterocycles. The Morgan fingerprint density at radius 2 is 1.94 bits per heavy atom. The summed E-state index contributed by atoms with van der Waals surface area (Å²) >= 11 is 0. The molecule has 0 spiro atoms. The van der Waals surface area contributed by atoms with E-state index in [0.717, 1.165) is 37.4 Å². The zero-order valence-electron chi connectivity index (χ0n) is 11.3. The summed E-state index contributed by atoms with van der Waals surface area (Å²) < 4.78 is 0. The lowest BCUT2D eigenvalue weighted by atomic mass is 10.1. The molecular formula is C15H23N3. The fourth-order valence-electron chi connectivity index (χ4n) is 3.21. The SMILES string of the molecule is CCCNc1nc(C2CCCC2)nc2c1CCC2. The van der Waals surface area contributed by atoms with Crippen LogP contribution in [0.4, 0.5) is 5.82 Å². The molecule has 0 aliphatic heterocycles. The highest BCUT2D eigenvalue weighted by Gasteiger charge is 2.24. The molecule has 2 aliphatic carbocycles. The maximum Gasteiger partial charge on any atom is 0.134 e. The monoisotopic (exact) mass is 245 g/mol. The predicted octanol–water partition coefficient (Wildman–Crippen LogP) is 3.44. The lowest BCUT2D eigenvalue weighted by molar-refractivity contribution is 0.662. The number of aromatic nitrogens is 2. The second-order valence-corrected chi connectivity index (χ2v) is 5.62. The van der Waals surface area contributed by atoms with E-state index in [-0.39, 0.29) is 0 Å². The van der Waals surface area contributed by atoms with Crippen LogP contribution in [0.1, 0.15) is 68.4 Å². The van der Waals surface area contributed by atoms with E-state index in [4.69, 9.17) is 9.97 Å². The van der Waals surface area contributed by atoms with E-state index in [1.807, 2.05) is 0 Å². The maximum absolute atomic E-state index is 4.85. The van der Waals surface area contributed by atoms with Gasteiger partial charge in [-0.25, -0.2) is 9.97 Å². The Balaban J connectivity index is 1.90. The van der Waals surface area contributed by atoms with Crippen molar-refractivity contribution in [2.45, 2.75) is 64.2 Å². The lowest BCUT2D eigenvalue weighted by Gasteiger charge is -2.14. The van der Waals surface area contributed by atoms with Crippen LogP contribution in [0.25, 0.3) is 0 Å². The average Bonchev–Trinajstić information content (AvgIpc) is 3.05. The van der Waals surface area contributed by atoms with Crippen molar-refractivity contribution in [3.8, 4) is 0 Å². The number of hydrogen-bond donors (Lipinski definition) is 1. The fourth-order valence-corrected chi connectivity index (χ4v) is 3.21. The zero-order chi connectivity index (χ0) is 12.4. The van der Waals surface area contributed by atoms with Gasteiger partial charge in [0.15, 0.2) is 0 Å².